The van der Waals surface area contributed by atoms with Crippen LogP contribution in [0.25, 0.3) is 0 Å². The Bertz CT molecular complexity index is 720. The van der Waals surface area contributed by atoms with E-state index in [1.807, 2.05) is 12.3 Å². The van der Waals surface area contributed by atoms with Gasteiger partial charge >= 0.3 is 0 Å². The normalized spacial score (nSPS) is 24.5. The summed E-state index contributed by atoms with van der Waals surface area (Å²) in [6.07, 6.45) is 10.5. The van der Waals surface area contributed by atoms with Gasteiger partial charge in [0.25, 0.3) is 0 Å². The molecule has 1 aliphatic carbocycles. The molecule has 4 rings (SSSR count). The van der Waals surface area contributed by atoms with Crippen molar-refractivity contribution in [2.75, 3.05) is 0 Å². The molecular formula is C20H26N4S. The molecule has 5 heteroatoms. The second-order valence-corrected chi connectivity index (χ2v) is 7.43. The van der Waals surface area contributed by atoms with Gasteiger partial charge < -0.3 is 14.8 Å². The first-order valence-corrected chi connectivity index (χ1v) is 9.85. The molecule has 1 saturated carbocycles. The predicted octanol–water partition coefficient (Wildman–Crippen LogP) is 4.21. The van der Waals surface area contributed by atoms with E-state index in [1.54, 1.807) is 0 Å². The minimum absolute atomic E-state index is 0.107. The van der Waals surface area contributed by atoms with Crippen molar-refractivity contribution in [3.8, 4) is 0 Å². The second-order valence-electron chi connectivity index (χ2n) is 7.04. The third kappa shape index (κ3) is 3.06. The molecule has 0 amide bonds. The van der Waals surface area contributed by atoms with Crippen LogP contribution in [0.3, 0.4) is 0 Å². The van der Waals surface area contributed by atoms with Gasteiger partial charge in [-0.2, -0.15) is 0 Å². The molecule has 1 saturated heterocycles. The van der Waals surface area contributed by atoms with Crippen molar-refractivity contribution in [2.45, 2.75) is 63.7 Å². The van der Waals surface area contributed by atoms with E-state index in [2.05, 4.69) is 57.2 Å². The van der Waals surface area contributed by atoms with Crippen LogP contribution in [0.4, 0.5) is 0 Å². The molecular weight excluding hydrogens is 328 g/mol. The molecule has 0 bridgehead atoms. The van der Waals surface area contributed by atoms with Gasteiger partial charge in [-0.1, -0.05) is 25.3 Å². The van der Waals surface area contributed by atoms with Crippen molar-refractivity contribution < 1.29 is 0 Å². The van der Waals surface area contributed by atoms with Gasteiger partial charge in [0.15, 0.2) is 5.11 Å². The minimum atomic E-state index is 0.107. The van der Waals surface area contributed by atoms with Crippen LogP contribution >= 0.6 is 12.2 Å². The maximum atomic E-state index is 5.81. The Balaban J connectivity index is 1.76. The molecule has 132 valence electrons. The summed E-state index contributed by atoms with van der Waals surface area (Å²) >= 11 is 5.81. The van der Waals surface area contributed by atoms with Gasteiger partial charge in [-0.15, -0.1) is 0 Å². The number of aromatic nitrogens is 2. The zero-order chi connectivity index (χ0) is 17.2. The lowest BCUT2D eigenvalue weighted by atomic mass is 9.92. The standard InChI is InChI=1S/C20H26N4S/c1-2-23-14-8-12-17(23)19-18(16-11-6-7-13-21-16)22-20(25)24(19)15-9-4-3-5-10-15/h6-8,11-15,18-19H,2-5,9-10H2,1H3,(H,22,25). The van der Waals surface area contributed by atoms with Crippen LogP contribution in [0.5, 0.6) is 0 Å². The number of rotatable bonds is 4. The topological polar surface area (TPSA) is 33.1 Å². The summed E-state index contributed by atoms with van der Waals surface area (Å²) in [6, 6.07) is 11.4. The smallest absolute Gasteiger partial charge is 0.170 e. The lowest BCUT2D eigenvalue weighted by molar-refractivity contribution is 0.191. The van der Waals surface area contributed by atoms with Crippen LogP contribution in [-0.2, 0) is 6.54 Å². The first kappa shape index (κ1) is 16.6. The molecule has 25 heavy (non-hydrogen) atoms. The number of aryl methyl sites for hydroxylation is 1. The van der Waals surface area contributed by atoms with E-state index in [1.165, 1.54) is 37.8 Å². The van der Waals surface area contributed by atoms with Gasteiger partial charge in [0.05, 0.1) is 17.8 Å². The monoisotopic (exact) mass is 354 g/mol. The average molecular weight is 355 g/mol. The Morgan fingerprint density at radius 3 is 2.72 bits per heavy atom. The first-order valence-electron chi connectivity index (χ1n) is 9.44. The molecule has 3 heterocycles. The van der Waals surface area contributed by atoms with Gasteiger partial charge in [0, 0.05) is 30.7 Å². The molecule has 2 aromatic heterocycles. The SMILES string of the molecule is CCn1cccc1C1C(c2ccccn2)NC(=S)N1C1CCCCC1. The van der Waals surface area contributed by atoms with Gasteiger partial charge in [0.1, 0.15) is 0 Å². The van der Waals surface area contributed by atoms with E-state index in [-0.39, 0.29) is 12.1 Å². The summed E-state index contributed by atoms with van der Waals surface area (Å²) in [5, 5.41) is 4.47. The highest BCUT2D eigenvalue weighted by molar-refractivity contribution is 7.80. The molecule has 0 spiro atoms. The Kier molecular flexibility index (Phi) is 4.75. The highest BCUT2D eigenvalue weighted by Crippen LogP contribution is 2.42. The Hall–Kier alpha value is -1.88. The Morgan fingerprint density at radius 1 is 1.16 bits per heavy atom. The van der Waals surface area contributed by atoms with E-state index in [0.29, 0.717) is 6.04 Å². The highest BCUT2D eigenvalue weighted by Gasteiger charge is 2.44. The average Bonchev–Trinajstić information content (AvgIpc) is 3.26. The minimum Gasteiger partial charge on any atom is -0.352 e. The summed E-state index contributed by atoms with van der Waals surface area (Å²) in [4.78, 5) is 7.11. The number of hydrogen-bond donors (Lipinski definition) is 1. The van der Waals surface area contributed by atoms with Gasteiger partial charge in [-0.3, -0.25) is 4.98 Å². The predicted molar refractivity (Wildman–Crippen MR) is 104 cm³/mol. The maximum absolute atomic E-state index is 5.81. The quantitative estimate of drug-likeness (QED) is 0.834. The van der Waals surface area contributed by atoms with Gasteiger partial charge in [-0.25, -0.2) is 0 Å². The van der Waals surface area contributed by atoms with Crippen molar-refractivity contribution >= 4 is 17.3 Å². The van der Waals surface area contributed by atoms with Crippen LogP contribution in [0.1, 0.15) is 62.5 Å². The van der Waals surface area contributed by atoms with E-state index >= 15 is 0 Å². The van der Waals surface area contributed by atoms with E-state index in [0.717, 1.165) is 17.4 Å². The maximum Gasteiger partial charge on any atom is 0.170 e. The number of nitrogens with one attached hydrogen (secondary N) is 1. The number of thiocarbonyl (C=S) groups is 1. The van der Waals surface area contributed by atoms with Crippen LogP contribution in [0.2, 0.25) is 0 Å². The highest BCUT2D eigenvalue weighted by atomic mass is 32.1. The lowest BCUT2D eigenvalue weighted by Crippen LogP contribution is -2.40. The number of hydrogen-bond acceptors (Lipinski definition) is 2. The van der Waals surface area contributed by atoms with Crippen molar-refractivity contribution in [1.82, 2.24) is 19.8 Å². The Labute approximate surface area is 155 Å². The molecule has 2 atom stereocenters. The zero-order valence-electron chi connectivity index (χ0n) is 14.8. The third-order valence-corrected chi connectivity index (χ3v) is 5.94. The summed E-state index contributed by atoms with van der Waals surface area (Å²) in [7, 11) is 0. The van der Waals surface area contributed by atoms with Crippen molar-refractivity contribution in [3.63, 3.8) is 0 Å². The van der Waals surface area contributed by atoms with E-state index in [4.69, 9.17) is 12.2 Å². The van der Waals surface area contributed by atoms with Crippen LogP contribution < -0.4 is 5.32 Å². The fourth-order valence-corrected chi connectivity index (χ4v) is 4.81. The zero-order valence-corrected chi connectivity index (χ0v) is 15.6. The van der Waals surface area contributed by atoms with Crippen LogP contribution in [0.15, 0.2) is 42.7 Å². The summed E-state index contributed by atoms with van der Waals surface area (Å²) in [5.41, 5.74) is 2.40. The summed E-state index contributed by atoms with van der Waals surface area (Å²) < 4.78 is 2.34. The summed E-state index contributed by atoms with van der Waals surface area (Å²) in [6.45, 7) is 3.17. The fraction of sp³-hybridized carbons (Fsp3) is 0.500. The fourth-order valence-electron chi connectivity index (χ4n) is 4.42. The molecule has 0 aromatic carbocycles. The number of pyridine rings is 1. The molecule has 0 radical (unpaired) electrons. The molecule has 1 aliphatic heterocycles. The lowest BCUT2D eigenvalue weighted by Gasteiger charge is -2.37. The summed E-state index contributed by atoms with van der Waals surface area (Å²) in [5.74, 6) is 0. The Morgan fingerprint density at radius 2 is 2.00 bits per heavy atom. The van der Waals surface area contributed by atoms with Crippen molar-refractivity contribution in [1.29, 1.82) is 0 Å². The number of nitrogens with zero attached hydrogens (tertiary/aromatic N) is 3. The molecule has 4 nitrogen and oxygen atoms in total. The molecule has 2 fully saturated rings. The van der Waals surface area contributed by atoms with Crippen molar-refractivity contribution in [3.05, 3.63) is 54.1 Å². The third-order valence-electron chi connectivity index (χ3n) is 5.61. The molecule has 2 aromatic rings. The van der Waals surface area contributed by atoms with Gasteiger partial charge in [0.2, 0.25) is 0 Å². The van der Waals surface area contributed by atoms with E-state index in [9.17, 15) is 0 Å². The second kappa shape index (κ2) is 7.16. The van der Waals surface area contributed by atoms with Crippen LogP contribution in [-0.4, -0.2) is 25.6 Å². The molecule has 2 unspecified atom stereocenters. The first-order chi connectivity index (χ1) is 12.3. The van der Waals surface area contributed by atoms with Crippen LogP contribution in [0, 0.1) is 0 Å². The largest absolute Gasteiger partial charge is 0.352 e. The van der Waals surface area contributed by atoms with Gasteiger partial charge in [-0.05, 0) is 56.2 Å². The molecule has 1 N–H and O–H groups in total. The molecule has 2 aliphatic rings. The van der Waals surface area contributed by atoms with E-state index < -0.39 is 0 Å². The van der Waals surface area contributed by atoms with Crippen molar-refractivity contribution in [2.24, 2.45) is 0 Å².